The van der Waals surface area contributed by atoms with E-state index in [1.807, 2.05) is 6.07 Å². The highest BCUT2D eigenvalue weighted by Gasteiger charge is 2.22. The topological polar surface area (TPSA) is 41.1 Å². The van der Waals surface area contributed by atoms with E-state index in [2.05, 4.69) is 29.0 Å². The van der Waals surface area contributed by atoms with Crippen LogP contribution >= 0.6 is 11.3 Å². The lowest BCUT2D eigenvalue weighted by Crippen LogP contribution is -2.46. The van der Waals surface area contributed by atoms with Gasteiger partial charge in [0.05, 0.1) is 0 Å². The van der Waals surface area contributed by atoms with Gasteiger partial charge in [0.25, 0.3) is 0 Å². The summed E-state index contributed by atoms with van der Waals surface area (Å²) in [5, 5.41) is 8.12. The van der Waals surface area contributed by atoms with E-state index in [9.17, 15) is 4.79 Å². The van der Waals surface area contributed by atoms with Gasteiger partial charge in [-0.3, -0.25) is 0 Å². The zero-order valence-corrected chi connectivity index (χ0v) is 11.8. The zero-order chi connectivity index (χ0) is 12.8. The largest absolute Gasteiger partial charge is 0.338 e. The number of carbonyl (C=O) groups is 1. The standard InChI is InChI=1S/C14H22N2OS/c1-11-5-2-3-7-13(11)16-14(17)15-9-8-12-6-4-10-18-12/h4,6,10-11,13H,2-3,5,7-9H2,1H3,(H2,15,16,17). The van der Waals surface area contributed by atoms with Crippen molar-refractivity contribution in [1.29, 1.82) is 0 Å². The molecule has 1 aliphatic rings. The van der Waals surface area contributed by atoms with Gasteiger partial charge < -0.3 is 10.6 Å². The monoisotopic (exact) mass is 266 g/mol. The zero-order valence-electron chi connectivity index (χ0n) is 10.9. The first kappa shape index (κ1) is 13.4. The summed E-state index contributed by atoms with van der Waals surface area (Å²) in [6.07, 6.45) is 5.83. The second-order valence-corrected chi connectivity index (χ2v) is 6.13. The molecule has 18 heavy (non-hydrogen) atoms. The van der Waals surface area contributed by atoms with E-state index in [1.165, 1.54) is 24.1 Å². The van der Waals surface area contributed by atoms with E-state index in [-0.39, 0.29) is 6.03 Å². The van der Waals surface area contributed by atoms with Crippen LogP contribution in [0.4, 0.5) is 4.79 Å². The second kappa shape index (κ2) is 6.78. The average molecular weight is 266 g/mol. The van der Waals surface area contributed by atoms with E-state index in [0.29, 0.717) is 18.5 Å². The Labute approximate surface area is 113 Å². The molecule has 0 radical (unpaired) electrons. The van der Waals surface area contributed by atoms with Gasteiger partial charge in [-0.25, -0.2) is 4.79 Å². The third-order valence-electron chi connectivity index (χ3n) is 3.67. The van der Waals surface area contributed by atoms with Crippen LogP contribution in [0.3, 0.4) is 0 Å². The minimum Gasteiger partial charge on any atom is -0.338 e. The molecule has 2 N–H and O–H groups in total. The van der Waals surface area contributed by atoms with Gasteiger partial charge in [-0.2, -0.15) is 0 Å². The molecular weight excluding hydrogens is 244 g/mol. The predicted molar refractivity (Wildman–Crippen MR) is 76.0 cm³/mol. The summed E-state index contributed by atoms with van der Waals surface area (Å²) in [6, 6.07) is 4.50. The molecule has 1 aliphatic carbocycles. The summed E-state index contributed by atoms with van der Waals surface area (Å²) in [6.45, 7) is 2.95. The number of hydrogen-bond acceptors (Lipinski definition) is 2. The quantitative estimate of drug-likeness (QED) is 0.863. The van der Waals surface area contributed by atoms with Gasteiger partial charge in [-0.05, 0) is 36.6 Å². The molecule has 0 aromatic carbocycles. The highest BCUT2D eigenvalue weighted by Crippen LogP contribution is 2.23. The Kier molecular flexibility index (Phi) is 5.05. The first-order valence-electron chi connectivity index (χ1n) is 6.82. The number of rotatable bonds is 4. The fraction of sp³-hybridized carbons (Fsp3) is 0.643. The van der Waals surface area contributed by atoms with Crippen LogP contribution in [-0.2, 0) is 6.42 Å². The normalized spacial score (nSPS) is 23.6. The molecule has 4 heteroatoms. The molecule has 2 unspecified atom stereocenters. The Morgan fingerprint density at radius 1 is 1.44 bits per heavy atom. The summed E-state index contributed by atoms with van der Waals surface area (Å²) < 4.78 is 0. The molecule has 0 saturated heterocycles. The van der Waals surface area contributed by atoms with Gasteiger partial charge in [0, 0.05) is 17.5 Å². The average Bonchev–Trinajstić information content (AvgIpc) is 2.85. The Balaban J connectivity index is 1.65. The maximum atomic E-state index is 11.8. The molecule has 0 bridgehead atoms. The van der Waals surface area contributed by atoms with Crippen LogP contribution in [0.15, 0.2) is 17.5 Å². The van der Waals surface area contributed by atoms with Crippen LogP contribution in [0.2, 0.25) is 0 Å². The molecule has 1 aromatic rings. The van der Waals surface area contributed by atoms with Crippen molar-refractivity contribution in [1.82, 2.24) is 10.6 Å². The predicted octanol–water partition coefficient (Wildman–Crippen LogP) is 3.17. The lowest BCUT2D eigenvalue weighted by Gasteiger charge is -2.29. The van der Waals surface area contributed by atoms with E-state index in [0.717, 1.165) is 12.8 Å². The number of hydrogen-bond donors (Lipinski definition) is 2. The van der Waals surface area contributed by atoms with Crippen LogP contribution in [0.25, 0.3) is 0 Å². The number of urea groups is 1. The van der Waals surface area contributed by atoms with Crippen LogP contribution in [0, 0.1) is 5.92 Å². The van der Waals surface area contributed by atoms with Gasteiger partial charge in [0.15, 0.2) is 0 Å². The molecule has 0 aliphatic heterocycles. The molecule has 2 amide bonds. The van der Waals surface area contributed by atoms with Crippen molar-refractivity contribution < 1.29 is 4.79 Å². The highest BCUT2D eigenvalue weighted by atomic mass is 32.1. The van der Waals surface area contributed by atoms with Gasteiger partial charge in [0.1, 0.15) is 0 Å². The summed E-state index contributed by atoms with van der Waals surface area (Å²) in [7, 11) is 0. The van der Waals surface area contributed by atoms with Crippen LogP contribution in [0.1, 0.15) is 37.5 Å². The van der Waals surface area contributed by atoms with Gasteiger partial charge in [-0.15, -0.1) is 11.3 Å². The molecule has 1 heterocycles. The Bertz CT molecular complexity index is 364. The van der Waals surface area contributed by atoms with E-state index in [4.69, 9.17) is 0 Å². The molecular formula is C14H22N2OS. The fourth-order valence-electron chi connectivity index (χ4n) is 2.50. The van der Waals surface area contributed by atoms with Crippen LogP contribution in [-0.4, -0.2) is 18.6 Å². The maximum Gasteiger partial charge on any atom is 0.315 e. The number of carbonyl (C=O) groups excluding carboxylic acids is 1. The molecule has 100 valence electrons. The molecule has 0 spiro atoms. The minimum absolute atomic E-state index is 0.00898. The SMILES string of the molecule is CC1CCCCC1NC(=O)NCCc1cccs1. The number of thiophene rings is 1. The molecule has 2 atom stereocenters. The summed E-state index contributed by atoms with van der Waals surface area (Å²) in [4.78, 5) is 13.1. The summed E-state index contributed by atoms with van der Waals surface area (Å²) in [5.74, 6) is 0.613. The lowest BCUT2D eigenvalue weighted by molar-refractivity contribution is 0.222. The molecule has 1 saturated carbocycles. The van der Waals surface area contributed by atoms with Gasteiger partial charge in [-0.1, -0.05) is 25.8 Å². The molecule has 3 nitrogen and oxygen atoms in total. The number of nitrogens with one attached hydrogen (secondary N) is 2. The van der Waals surface area contributed by atoms with Crippen LogP contribution in [0.5, 0.6) is 0 Å². The Morgan fingerprint density at radius 2 is 2.28 bits per heavy atom. The van der Waals surface area contributed by atoms with E-state index in [1.54, 1.807) is 11.3 Å². The van der Waals surface area contributed by atoms with Crippen molar-refractivity contribution in [2.24, 2.45) is 5.92 Å². The third kappa shape index (κ3) is 4.02. The third-order valence-corrected chi connectivity index (χ3v) is 4.60. The van der Waals surface area contributed by atoms with Crippen molar-refractivity contribution >= 4 is 17.4 Å². The minimum atomic E-state index is -0.00898. The molecule has 2 rings (SSSR count). The number of amides is 2. The van der Waals surface area contributed by atoms with Crippen molar-refractivity contribution in [2.75, 3.05) is 6.54 Å². The first-order chi connectivity index (χ1) is 8.75. The van der Waals surface area contributed by atoms with Gasteiger partial charge >= 0.3 is 6.03 Å². The van der Waals surface area contributed by atoms with Crippen molar-refractivity contribution in [2.45, 2.75) is 45.1 Å². The molecule has 1 fully saturated rings. The van der Waals surface area contributed by atoms with E-state index < -0.39 is 0 Å². The Morgan fingerprint density at radius 3 is 3.00 bits per heavy atom. The Hall–Kier alpha value is -1.03. The lowest BCUT2D eigenvalue weighted by atomic mass is 9.86. The maximum absolute atomic E-state index is 11.8. The first-order valence-corrected chi connectivity index (χ1v) is 7.70. The summed E-state index contributed by atoms with van der Waals surface area (Å²) in [5.41, 5.74) is 0. The highest BCUT2D eigenvalue weighted by molar-refractivity contribution is 7.09. The van der Waals surface area contributed by atoms with Crippen molar-refractivity contribution in [3.63, 3.8) is 0 Å². The van der Waals surface area contributed by atoms with E-state index >= 15 is 0 Å². The summed E-state index contributed by atoms with van der Waals surface area (Å²) >= 11 is 1.74. The van der Waals surface area contributed by atoms with Crippen molar-refractivity contribution in [3.05, 3.63) is 22.4 Å². The van der Waals surface area contributed by atoms with Crippen molar-refractivity contribution in [3.8, 4) is 0 Å². The van der Waals surface area contributed by atoms with Crippen LogP contribution < -0.4 is 10.6 Å². The van der Waals surface area contributed by atoms with Gasteiger partial charge in [0.2, 0.25) is 0 Å². The second-order valence-electron chi connectivity index (χ2n) is 5.10. The fourth-order valence-corrected chi connectivity index (χ4v) is 3.21. The molecule has 1 aromatic heterocycles. The smallest absolute Gasteiger partial charge is 0.315 e.